The molecule has 5 heteroatoms. The van der Waals surface area contributed by atoms with Gasteiger partial charge in [0.05, 0.1) is 6.54 Å². The van der Waals surface area contributed by atoms with Gasteiger partial charge in [-0.05, 0) is 38.5 Å². The molecule has 1 aromatic carbocycles. The minimum Gasteiger partial charge on any atom is -0.353 e. The molecule has 0 radical (unpaired) electrons. The van der Waals surface area contributed by atoms with Crippen LogP contribution in [0.3, 0.4) is 0 Å². The van der Waals surface area contributed by atoms with Gasteiger partial charge in [-0.3, -0.25) is 4.79 Å². The van der Waals surface area contributed by atoms with Gasteiger partial charge < -0.3 is 10.6 Å². The molecule has 3 nitrogen and oxygen atoms in total. The van der Waals surface area contributed by atoms with E-state index in [4.69, 9.17) is 23.2 Å². The number of nitrogens with one attached hydrogen (secondary N) is 2. The van der Waals surface area contributed by atoms with Crippen molar-refractivity contribution in [1.29, 1.82) is 0 Å². The highest BCUT2D eigenvalue weighted by Gasteiger charge is 2.11. The summed E-state index contributed by atoms with van der Waals surface area (Å²) < 4.78 is 0. The molecule has 0 saturated carbocycles. The first-order valence-corrected chi connectivity index (χ1v) is 6.63. The molecule has 1 amide bonds. The lowest BCUT2D eigenvalue weighted by molar-refractivity contribution is -0.120. The van der Waals surface area contributed by atoms with Crippen LogP contribution in [0.5, 0.6) is 0 Å². The summed E-state index contributed by atoms with van der Waals surface area (Å²) in [5, 5.41) is 7.15. The third kappa shape index (κ3) is 4.84. The molecule has 0 spiro atoms. The van der Waals surface area contributed by atoms with Crippen LogP contribution >= 0.6 is 23.2 Å². The zero-order chi connectivity index (χ0) is 13.7. The second-order valence-electron chi connectivity index (χ2n) is 4.49. The number of hydrogen-bond acceptors (Lipinski definition) is 2. The highest BCUT2D eigenvalue weighted by atomic mass is 35.5. The van der Waals surface area contributed by atoms with Gasteiger partial charge in [0, 0.05) is 22.1 Å². The summed E-state index contributed by atoms with van der Waals surface area (Å²) in [6.07, 6.45) is 0. The molecular weight excluding hydrogens is 271 g/mol. The van der Waals surface area contributed by atoms with Gasteiger partial charge >= 0.3 is 0 Å². The maximum absolute atomic E-state index is 11.5. The number of halogens is 2. The van der Waals surface area contributed by atoms with Crippen molar-refractivity contribution < 1.29 is 4.79 Å². The first-order valence-electron chi connectivity index (χ1n) is 5.88. The van der Waals surface area contributed by atoms with Gasteiger partial charge in [-0.25, -0.2) is 0 Å². The van der Waals surface area contributed by atoms with Gasteiger partial charge in [-0.1, -0.05) is 29.3 Å². The SMILES string of the molecule is CC(C)NC(=O)CNC(C)c1ccc(Cl)cc1Cl. The van der Waals surface area contributed by atoms with Crippen LogP contribution in [-0.4, -0.2) is 18.5 Å². The second-order valence-corrected chi connectivity index (χ2v) is 5.33. The minimum absolute atomic E-state index is 0.00678. The maximum Gasteiger partial charge on any atom is 0.234 e. The van der Waals surface area contributed by atoms with Crippen LogP contribution in [0.25, 0.3) is 0 Å². The fraction of sp³-hybridized carbons (Fsp3) is 0.462. The summed E-state index contributed by atoms with van der Waals surface area (Å²) in [5.74, 6) is -0.0260. The molecule has 0 aromatic heterocycles. The van der Waals surface area contributed by atoms with Gasteiger partial charge in [0.1, 0.15) is 0 Å². The molecule has 0 saturated heterocycles. The van der Waals surface area contributed by atoms with Gasteiger partial charge in [-0.15, -0.1) is 0 Å². The monoisotopic (exact) mass is 288 g/mol. The van der Waals surface area contributed by atoms with Crippen LogP contribution in [0.4, 0.5) is 0 Å². The smallest absolute Gasteiger partial charge is 0.234 e. The number of amides is 1. The number of carbonyl (C=O) groups excluding carboxylic acids is 1. The Morgan fingerprint density at radius 2 is 1.94 bits per heavy atom. The van der Waals surface area contributed by atoms with E-state index in [1.165, 1.54) is 0 Å². The van der Waals surface area contributed by atoms with Crippen molar-refractivity contribution in [2.45, 2.75) is 32.9 Å². The minimum atomic E-state index is -0.0260. The van der Waals surface area contributed by atoms with Crippen molar-refractivity contribution in [2.24, 2.45) is 0 Å². The lowest BCUT2D eigenvalue weighted by Crippen LogP contribution is -2.38. The van der Waals surface area contributed by atoms with E-state index in [0.29, 0.717) is 10.0 Å². The Balaban J connectivity index is 2.55. The van der Waals surface area contributed by atoms with Crippen molar-refractivity contribution in [1.82, 2.24) is 10.6 Å². The highest BCUT2D eigenvalue weighted by Crippen LogP contribution is 2.25. The average Bonchev–Trinajstić information content (AvgIpc) is 2.25. The standard InChI is InChI=1S/C13H18Cl2N2O/c1-8(2)17-13(18)7-16-9(3)11-5-4-10(14)6-12(11)15/h4-6,8-9,16H,7H2,1-3H3,(H,17,18). The van der Waals surface area contributed by atoms with E-state index in [0.717, 1.165) is 5.56 Å². The molecule has 0 bridgehead atoms. The first kappa shape index (κ1) is 15.3. The Hall–Kier alpha value is -0.770. The second kappa shape index (κ2) is 6.98. The number of benzene rings is 1. The van der Waals surface area contributed by atoms with Crippen LogP contribution in [-0.2, 0) is 4.79 Å². The fourth-order valence-corrected chi connectivity index (χ4v) is 2.15. The third-order valence-corrected chi connectivity index (χ3v) is 3.01. The van der Waals surface area contributed by atoms with Gasteiger partial charge in [0.2, 0.25) is 5.91 Å². The zero-order valence-corrected chi connectivity index (χ0v) is 12.3. The molecule has 18 heavy (non-hydrogen) atoms. The summed E-state index contributed by atoms with van der Waals surface area (Å²) in [6, 6.07) is 5.49. The summed E-state index contributed by atoms with van der Waals surface area (Å²) in [7, 11) is 0. The Kier molecular flexibility index (Phi) is 5.93. The Bertz CT molecular complexity index is 421. The average molecular weight is 289 g/mol. The van der Waals surface area contributed by atoms with Crippen molar-refractivity contribution in [2.75, 3.05) is 6.54 Å². The fourth-order valence-electron chi connectivity index (χ4n) is 1.58. The van der Waals surface area contributed by atoms with E-state index in [2.05, 4.69) is 10.6 Å². The molecule has 0 aliphatic carbocycles. The van der Waals surface area contributed by atoms with Crippen molar-refractivity contribution in [3.05, 3.63) is 33.8 Å². The summed E-state index contributed by atoms with van der Waals surface area (Å²) >= 11 is 11.9. The molecule has 1 atom stereocenters. The van der Waals surface area contributed by atoms with Crippen molar-refractivity contribution >= 4 is 29.1 Å². The lowest BCUT2D eigenvalue weighted by atomic mass is 10.1. The molecule has 0 aliphatic rings. The normalized spacial score (nSPS) is 12.6. The van der Waals surface area contributed by atoms with Crippen molar-refractivity contribution in [3.63, 3.8) is 0 Å². The predicted molar refractivity (Wildman–Crippen MR) is 76.2 cm³/mol. The summed E-state index contributed by atoms with van der Waals surface area (Å²) in [5.41, 5.74) is 0.929. The molecule has 2 N–H and O–H groups in total. The van der Waals surface area contributed by atoms with Gasteiger partial charge in [0.15, 0.2) is 0 Å². The Labute approximate surface area is 118 Å². The molecule has 0 aliphatic heterocycles. The zero-order valence-electron chi connectivity index (χ0n) is 10.8. The lowest BCUT2D eigenvalue weighted by Gasteiger charge is -2.16. The van der Waals surface area contributed by atoms with Crippen LogP contribution < -0.4 is 10.6 Å². The van der Waals surface area contributed by atoms with E-state index >= 15 is 0 Å². The Morgan fingerprint density at radius 3 is 2.50 bits per heavy atom. The van der Waals surface area contributed by atoms with E-state index in [1.807, 2.05) is 26.8 Å². The van der Waals surface area contributed by atoms with E-state index in [-0.39, 0.29) is 24.5 Å². The molecule has 1 aromatic rings. The molecule has 100 valence electrons. The molecule has 0 heterocycles. The predicted octanol–water partition coefficient (Wildman–Crippen LogP) is 3.17. The van der Waals surface area contributed by atoms with E-state index in [9.17, 15) is 4.79 Å². The van der Waals surface area contributed by atoms with E-state index in [1.54, 1.807) is 12.1 Å². The molecule has 0 fully saturated rings. The largest absolute Gasteiger partial charge is 0.353 e. The highest BCUT2D eigenvalue weighted by molar-refractivity contribution is 6.35. The van der Waals surface area contributed by atoms with Crippen LogP contribution in [0.1, 0.15) is 32.4 Å². The maximum atomic E-state index is 11.5. The molecular formula is C13H18Cl2N2O. The number of hydrogen-bond donors (Lipinski definition) is 2. The van der Waals surface area contributed by atoms with Crippen molar-refractivity contribution in [3.8, 4) is 0 Å². The van der Waals surface area contributed by atoms with E-state index < -0.39 is 0 Å². The van der Waals surface area contributed by atoms with Crippen LogP contribution in [0.15, 0.2) is 18.2 Å². The third-order valence-electron chi connectivity index (χ3n) is 2.45. The van der Waals surface area contributed by atoms with Gasteiger partial charge in [-0.2, -0.15) is 0 Å². The first-order chi connectivity index (χ1) is 8.40. The van der Waals surface area contributed by atoms with Crippen LogP contribution in [0, 0.1) is 0 Å². The summed E-state index contributed by atoms with van der Waals surface area (Å²) in [6.45, 7) is 6.07. The number of rotatable bonds is 5. The molecule has 1 rings (SSSR count). The van der Waals surface area contributed by atoms with Gasteiger partial charge in [0.25, 0.3) is 0 Å². The molecule has 1 unspecified atom stereocenters. The topological polar surface area (TPSA) is 41.1 Å². The summed E-state index contributed by atoms with van der Waals surface area (Å²) in [4.78, 5) is 11.5. The Morgan fingerprint density at radius 1 is 1.28 bits per heavy atom. The quantitative estimate of drug-likeness (QED) is 0.874. The van der Waals surface area contributed by atoms with Crippen LogP contribution in [0.2, 0.25) is 10.0 Å². The number of carbonyl (C=O) groups is 1.